The predicted octanol–water partition coefficient (Wildman–Crippen LogP) is -0.118. The quantitative estimate of drug-likeness (QED) is 0.511. The summed E-state index contributed by atoms with van der Waals surface area (Å²) in [5.74, 6) is -0.980. The van der Waals surface area contributed by atoms with Gasteiger partial charge in [-0.25, -0.2) is 4.79 Å². The van der Waals surface area contributed by atoms with Gasteiger partial charge in [0, 0.05) is 19.8 Å². The Bertz CT molecular complexity index is 257. The van der Waals surface area contributed by atoms with Crippen LogP contribution in [0.15, 0.2) is 0 Å². The van der Waals surface area contributed by atoms with E-state index in [9.17, 15) is 14.4 Å². The second kappa shape index (κ2) is 5.45. The van der Waals surface area contributed by atoms with Crippen LogP contribution < -0.4 is 5.32 Å². The fourth-order valence-corrected chi connectivity index (χ4v) is 1.27. The van der Waals surface area contributed by atoms with Gasteiger partial charge in [-0.1, -0.05) is 0 Å². The summed E-state index contributed by atoms with van der Waals surface area (Å²) in [6.45, 7) is 3.27. The Labute approximate surface area is 87.6 Å². The van der Waals surface area contributed by atoms with Crippen LogP contribution in [-0.4, -0.2) is 42.5 Å². The van der Waals surface area contributed by atoms with Crippen molar-refractivity contribution in [2.75, 3.05) is 19.8 Å². The number of amides is 4. The Kier molecular flexibility index (Phi) is 4.23. The van der Waals surface area contributed by atoms with E-state index in [1.807, 2.05) is 6.92 Å². The van der Waals surface area contributed by atoms with Crippen molar-refractivity contribution in [1.82, 2.24) is 10.2 Å². The second-order valence-corrected chi connectivity index (χ2v) is 3.13. The summed E-state index contributed by atoms with van der Waals surface area (Å²) in [6, 6.07) is -0.632. The van der Waals surface area contributed by atoms with E-state index in [0.717, 1.165) is 4.90 Å². The lowest BCUT2D eigenvalue weighted by molar-refractivity contribution is -0.136. The number of nitrogens with one attached hydrogen (secondary N) is 1. The van der Waals surface area contributed by atoms with Gasteiger partial charge in [0.05, 0.1) is 0 Å². The van der Waals surface area contributed by atoms with Crippen LogP contribution in [0.1, 0.15) is 19.8 Å². The molecule has 1 saturated heterocycles. The summed E-state index contributed by atoms with van der Waals surface area (Å²) in [5, 5.41) is 2.09. The van der Waals surface area contributed by atoms with Gasteiger partial charge in [-0.3, -0.25) is 19.8 Å². The predicted molar refractivity (Wildman–Crippen MR) is 51.0 cm³/mol. The average molecular weight is 214 g/mol. The molecule has 0 aromatic carbocycles. The first-order valence-electron chi connectivity index (χ1n) is 4.87. The Morgan fingerprint density at radius 1 is 1.40 bits per heavy atom. The fraction of sp³-hybridized carbons (Fsp3) is 0.667. The number of nitrogens with zero attached hydrogens (tertiary/aromatic N) is 1. The van der Waals surface area contributed by atoms with Crippen molar-refractivity contribution in [3.05, 3.63) is 0 Å². The molecule has 1 heterocycles. The molecule has 0 radical (unpaired) electrons. The molecule has 0 aromatic heterocycles. The van der Waals surface area contributed by atoms with E-state index in [1.165, 1.54) is 0 Å². The summed E-state index contributed by atoms with van der Waals surface area (Å²) >= 11 is 0. The van der Waals surface area contributed by atoms with Gasteiger partial charge in [-0.05, 0) is 13.3 Å². The first kappa shape index (κ1) is 11.6. The minimum atomic E-state index is -0.632. The van der Waals surface area contributed by atoms with Crippen molar-refractivity contribution in [3.8, 4) is 0 Å². The third-order valence-corrected chi connectivity index (χ3v) is 1.98. The molecule has 0 unspecified atom stereocenters. The third kappa shape index (κ3) is 3.32. The summed E-state index contributed by atoms with van der Waals surface area (Å²) in [7, 11) is 0. The van der Waals surface area contributed by atoms with Crippen LogP contribution in [0.5, 0.6) is 0 Å². The molecule has 0 saturated carbocycles. The zero-order valence-corrected chi connectivity index (χ0v) is 8.62. The van der Waals surface area contributed by atoms with Crippen LogP contribution >= 0.6 is 0 Å². The molecule has 1 fully saturated rings. The van der Waals surface area contributed by atoms with Crippen LogP contribution in [0.25, 0.3) is 0 Å². The lowest BCUT2D eigenvalue weighted by Gasteiger charge is -2.24. The summed E-state index contributed by atoms with van der Waals surface area (Å²) < 4.78 is 5.08. The molecule has 1 N–H and O–H groups in total. The minimum absolute atomic E-state index is 0.250. The number of imide groups is 2. The van der Waals surface area contributed by atoms with Crippen LogP contribution in [0.3, 0.4) is 0 Å². The maximum Gasteiger partial charge on any atom is 0.330 e. The normalized spacial score (nSPS) is 16.9. The molecule has 1 rings (SSSR count). The largest absolute Gasteiger partial charge is 0.382 e. The zero-order valence-electron chi connectivity index (χ0n) is 8.62. The van der Waals surface area contributed by atoms with Crippen molar-refractivity contribution >= 4 is 17.8 Å². The van der Waals surface area contributed by atoms with Crippen molar-refractivity contribution < 1.29 is 19.1 Å². The number of hydrogen-bond acceptors (Lipinski definition) is 4. The van der Waals surface area contributed by atoms with E-state index in [2.05, 4.69) is 5.32 Å². The molecule has 0 aliphatic carbocycles. The van der Waals surface area contributed by atoms with Crippen molar-refractivity contribution in [2.24, 2.45) is 0 Å². The molecule has 0 aromatic rings. The third-order valence-electron chi connectivity index (χ3n) is 1.98. The maximum absolute atomic E-state index is 11.3. The zero-order chi connectivity index (χ0) is 11.3. The smallest absolute Gasteiger partial charge is 0.330 e. The van der Waals surface area contributed by atoms with Crippen LogP contribution in [0.2, 0.25) is 0 Å². The lowest BCUT2D eigenvalue weighted by Crippen LogP contribution is -2.52. The second-order valence-electron chi connectivity index (χ2n) is 3.13. The van der Waals surface area contributed by atoms with Crippen LogP contribution in [0, 0.1) is 0 Å². The van der Waals surface area contributed by atoms with E-state index in [0.29, 0.717) is 19.6 Å². The standard InChI is InChI=1S/C9H14N2O4/c1-2-15-5-3-4-11-8(13)6-7(12)10-9(11)14/h2-6H2,1H3,(H,10,12,14). The average Bonchev–Trinajstić information content (AvgIpc) is 2.15. The summed E-state index contributed by atoms with van der Waals surface area (Å²) in [6.07, 6.45) is 0.335. The highest BCUT2D eigenvalue weighted by Gasteiger charge is 2.29. The van der Waals surface area contributed by atoms with Gasteiger partial charge in [-0.15, -0.1) is 0 Å². The van der Waals surface area contributed by atoms with Gasteiger partial charge >= 0.3 is 6.03 Å². The molecule has 6 nitrogen and oxygen atoms in total. The van der Waals surface area contributed by atoms with Crippen molar-refractivity contribution in [1.29, 1.82) is 0 Å². The highest BCUT2D eigenvalue weighted by atomic mass is 16.5. The molecule has 1 aliphatic heterocycles. The number of ether oxygens (including phenoxy) is 1. The molecule has 0 atom stereocenters. The van der Waals surface area contributed by atoms with Crippen LogP contribution in [0.4, 0.5) is 4.79 Å². The van der Waals surface area contributed by atoms with E-state index < -0.39 is 17.8 Å². The van der Waals surface area contributed by atoms with Crippen molar-refractivity contribution in [2.45, 2.75) is 19.8 Å². The Morgan fingerprint density at radius 2 is 2.13 bits per heavy atom. The van der Waals surface area contributed by atoms with E-state index in [1.54, 1.807) is 0 Å². The number of hydrogen-bond donors (Lipinski definition) is 1. The SMILES string of the molecule is CCOCCCN1C(=O)CC(=O)NC1=O. The Hall–Kier alpha value is -1.43. The number of barbiturate groups is 1. The van der Waals surface area contributed by atoms with Gasteiger partial charge in [0.15, 0.2) is 0 Å². The highest BCUT2D eigenvalue weighted by Crippen LogP contribution is 2.03. The Morgan fingerprint density at radius 3 is 2.73 bits per heavy atom. The first-order chi connectivity index (χ1) is 7.15. The fourth-order valence-electron chi connectivity index (χ4n) is 1.27. The Balaban J connectivity index is 2.36. The topological polar surface area (TPSA) is 75.7 Å². The first-order valence-corrected chi connectivity index (χ1v) is 4.87. The molecule has 1 aliphatic rings. The molecular weight excluding hydrogens is 200 g/mol. The molecule has 4 amide bonds. The number of rotatable bonds is 5. The van der Waals surface area contributed by atoms with Crippen molar-refractivity contribution in [3.63, 3.8) is 0 Å². The van der Waals surface area contributed by atoms with Gasteiger partial charge in [-0.2, -0.15) is 0 Å². The molecule has 15 heavy (non-hydrogen) atoms. The maximum atomic E-state index is 11.3. The number of carbonyl (C=O) groups is 3. The van der Waals surface area contributed by atoms with Gasteiger partial charge in [0.25, 0.3) is 0 Å². The summed E-state index contributed by atoms with van der Waals surface area (Å²) in [5.41, 5.74) is 0. The van der Waals surface area contributed by atoms with Gasteiger partial charge in [0.2, 0.25) is 11.8 Å². The summed E-state index contributed by atoms with van der Waals surface area (Å²) in [4.78, 5) is 34.3. The van der Waals surface area contributed by atoms with E-state index >= 15 is 0 Å². The number of urea groups is 1. The van der Waals surface area contributed by atoms with Gasteiger partial charge in [0.1, 0.15) is 6.42 Å². The molecule has 6 heteroatoms. The lowest BCUT2D eigenvalue weighted by atomic mass is 10.3. The molecule has 84 valence electrons. The molecule has 0 bridgehead atoms. The van der Waals surface area contributed by atoms with Gasteiger partial charge < -0.3 is 4.74 Å². The molecule has 0 spiro atoms. The molecular formula is C9H14N2O4. The van der Waals surface area contributed by atoms with E-state index in [-0.39, 0.29) is 13.0 Å². The van der Waals surface area contributed by atoms with E-state index in [4.69, 9.17) is 4.74 Å². The monoisotopic (exact) mass is 214 g/mol. The number of carbonyl (C=O) groups excluding carboxylic acids is 3. The highest BCUT2D eigenvalue weighted by molar-refractivity contribution is 6.14. The minimum Gasteiger partial charge on any atom is -0.382 e. The van der Waals surface area contributed by atoms with Crippen LogP contribution in [-0.2, 0) is 14.3 Å².